The van der Waals surface area contributed by atoms with Crippen LogP contribution in [0.1, 0.15) is 11.7 Å². The predicted molar refractivity (Wildman–Crippen MR) is 65.2 cm³/mol. The van der Waals surface area contributed by atoms with Crippen molar-refractivity contribution >= 4 is 0 Å². The Bertz CT molecular complexity index is 557. The van der Waals surface area contributed by atoms with Crippen LogP contribution in [-0.2, 0) is 0 Å². The average molecular weight is 267 g/mol. The van der Waals surface area contributed by atoms with Crippen LogP contribution in [0.2, 0.25) is 0 Å². The molecule has 2 aromatic carbocycles. The van der Waals surface area contributed by atoms with Crippen molar-refractivity contribution in [2.24, 2.45) is 5.73 Å². The van der Waals surface area contributed by atoms with Gasteiger partial charge in [0.15, 0.2) is 11.6 Å². The van der Waals surface area contributed by atoms with Crippen molar-refractivity contribution in [2.45, 2.75) is 6.10 Å². The van der Waals surface area contributed by atoms with Gasteiger partial charge in [-0.3, -0.25) is 0 Å². The molecule has 0 aliphatic carbocycles. The van der Waals surface area contributed by atoms with Crippen molar-refractivity contribution in [2.75, 3.05) is 6.54 Å². The molecule has 0 saturated carbocycles. The molecule has 1 unspecified atom stereocenters. The molecular formula is C14H12F3NO. The molecule has 0 amide bonds. The predicted octanol–water partition coefficient (Wildman–Crippen LogP) is 3.18. The molecule has 0 spiro atoms. The Kier molecular flexibility index (Phi) is 4.06. The zero-order chi connectivity index (χ0) is 13.8. The van der Waals surface area contributed by atoms with Crippen LogP contribution >= 0.6 is 0 Å². The number of benzene rings is 2. The van der Waals surface area contributed by atoms with E-state index >= 15 is 0 Å². The third kappa shape index (κ3) is 3.06. The standard InChI is InChI=1S/C14H12F3NO/c15-10-6-4-9(5-7-10)13(8-18)19-12-3-1-2-11(16)14(12)17/h1-7,13H,8,18H2. The molecule has 1 atom stereocenters. The number of rotatable bonds is 4. The van der Waals surface area contributed by atoms with E-state index in [0.717, 1.165) is 6.07 Å². The number of nitrogens with two attached hydrogens (primary N) is 1. The van der Waals surface area contributed by atoms with Gasteiger partial charge in [-0.05, 0) is 29.8 Å². The molecule has 0 fully saturated rings. The summed E-state index contributed by atoms with van der Waals surface area (Å²) in [6, 6.07) is 9.13. The zero-order valence-corrected chi connectivity index (χ0v) is 9.95. The first kappa shape index (κ1) is 13.4. The van der Waals surface area contributed by atoms with Crippen LogP contribution in [0.25, 0.3) is 0 Å². The molecule has 19 heavy (non-hydrogen) atoms. The fourth-order valence-electron chi connectivity index (χ4n) is 1.66. The van der Waals surface area contributed by atoms with Crippen molar-refractivity contribution in [3.05, 3.63) is 65.5 Å². The van der Waals surface area contributed by atoms with Crippen molar-refractivity contribution < 1.29 is 17.9 Å². The van der Waals surface area contributed by atoms with E-state index in [0.29, 0.717) is 5.56 Å². The maximum Gasteiger partial charge on any atom is 0.200 e. The molecule has 2 N–H and O–H groups in total. The minimum atomic E-state index is -1.07. The van der Waals surface area contributed by atoms with E-state index in [1.807, 2.05) is 0 Å². The van der Waals surface area contributed by atoms with Gasteiger partial charge in [-0.25, -0.2) is 8.78 Å². The van der Waals surface area contributed by atoms with Gasteiger partial charge in [0.1, 0.15) is 11.9 Å². The molecule has 0 saturated heterocycles. The van der Waals surface area contributed by atoms with Crippen LogP contribution in [0.3, 0.4) is 0 Å². The van der Waals surface area contributed by atoms with E-state index in [9.17, 15) is 13.2 Å². The Balaban J connectivity index is 2.24. The summed E-state index contributed by atoms with van der Waals surface area (Å²) < 4.78 is 44.7. The second kappa shape index (κ2) is 5.75. The highest BCUT2D eigenvalue weighted by atomic mass is 19.2. The Morgan fingerprint density at radius 2 is 1.68 bits per heavy atom. The van der Waals surface area contributed by atoms with E-state index in [1.165, 1.54) is 36.4 Å². The molecule has 5 heteroatoms. The summed E-state index contributed by atoms with van der Waals surface area (Å²) in [6.07, 6.45) is -0.670. The SMILES string of the molecule is NCC(Oc1cccc(F)c1F)c1ccc(F)cc1. The van der Waals surface area contributed by atoms with Crippen LogP contribution < -0.4 is 10.5 Å². The topological polar surface area (TPSA) is 35.2 Å². The Morgan fingerprint density at radius 3 is 2.32 bits per heavy atom. The van der Waals surface area contributed by atoms with Gasteiger partial charge in [0.05, 0.1) is 0 Å². The molecule has 0 heterocycles. The second-order valence-electron chi connectivity index (χ2n) is 3.95. The van der Waals surface area contributed by atoms with Crippen LogP contribution in [0, 0.1) is 17.5 Å². The number of halogens is 3. The molecule has 2 rings (SSSR count). The Labute approximate surface area is 108 Å². The summed E-state index contributed by atoms with van der Waals surface area (Å²) >= 11 is 0. The molecule has 0 aliphatic rings. The van der Waals surface area contributed by atoms with Crippen molar-refractivity contribution in [1.82, 2.24) is 0 Å². The van der Waals surface area contributed by atoms with Gasteiger partial charge < -0.3 is 10.5 Å². The molecule has 2 aromatic rings. The van der Waals surface area contributed by atoms with Crippen molar-refractivity contribution in [3.8, 4) is 5.75 Å². The third-order valence-electron chi connectivity index (χ3n) is 2.64. The highest BCUT2D eigenvalue weighted by Gasteiger charge is 2.16. The summed E-state index contributed by atoms with van der Waals surface area (Å²) in [5, 5.41) is 0. The molecule has 2 nitrogen and oxygen atoms in total. The smallest absolute Gasteiger partial charge is 0.200 e. The van der Waals surface area contributed by atoms with Crippen LogP contribution in [0.15, 0.2) is 42.5 Å². The number of hydrogen-bond donors (Lipinski definition) is 1. The fourth-order valence-corrected chi connectivity index (χ4v) is 1.66. The summed E-state index contributed by atoms with van der Waals surface area (Å²) in [6.45, 7) is 0.0571. The highest BCUT2D eigenvalue weighted by molar-refractivity contribution is 5.27. The first-order chi connectivity index (χ1) is 9.11. The normalized spacial score (nSPS) is 12.2. The highest BCUT2D eigenvalue weighted by Crippen LogP contribution is 2.25. The fraction of sp³-hybridized carbons (Fsp3) is 0.143. The first-order valence-corrected chi connectivity index (χ1v) is 5.68. The van der Waals surface area contributed by atoms with Gasteiger partial charge in [0.25, 0.3) is 0 Å². The summed E-state index contributed by atoms with van der Waals surface area (Å²) in [4.78, 5) is 0. The number of ether oxygens (including phenoxy) is 1. The molecule has 100 valence electrons. The van der Waals surface area contributed by atoms with E-state index in [4.69, 9.17) is 10.5 Å². The lowest BCUT2D eigenvalue weighted by molar-refractivity contribution is 0.202. The maximum absolute atomic E-state index is 13.5. The average Bonchev–Trinajstić information content (AvgIpc) is 2.42. The van der Waals surface area contributed by atoms with E-state index < -0.39 is 23.6 Å². The molecule has 0 aromatic heterocycles. The molecule has 0 aliphatic heterocycles. The summed E-state index contributed by atoms with van der Waals surface area (Å²) in [5.41, 5.74) is 6.13. The second-order valence-corrected chi connectivity index (χ2v) is 3.95. The maximum atomic E-state index is 13.5. The van der Waals surface area contributed by atoms with Gasteiger partial charge >= 0.3 is 0 Å². The lowest BCUT2D eigenvalue weighted by Gasteiger charge is -2.18. The summed E-state index contributed by atoms with van der Waals surface area (Å²) in [7, 11) is 0. The minimum Gasteiger partial charge on any atom is -0.481 e. The minimum absolute atomic E-state index is 0.0571. The van der Waals surface area contributed by atoms with E-state index in [-0.39, 0.29) is 12.3 Å². The van der Waals surface area contributed by atoms with Crippen LogP contribution in [0.4, 0.5) is 13.2 Å². The van der Waals surface area contributed by atoms with Crippen molar-refractivity contribution in [3.63, 3.8) is 0 Å². The molecule has 0 bridgehead atoms. The zero-order valence-electron chi connectivity index (χ0n) is 9.95. The lowest BCUT2D eigenvalue weighted by atomic mass is 10.1. The largest absolute Gasteiger partial charge is 0.481 e. The van der Waals surface area contributed by atoms with Crippen molar-refractivity contribution in [1.29, 1.82) is 0 Å². The van der Waals surface area contributed by atoms with E-state index in [2.05, 4.69) is 0 Å². The summed E-state index contributed by atoms with van der Waals surface area (Å²) in [5.74, 6) is -2.67. The Morgan fingerprint density at radius 1 is 1.00 bits per heavy atom. The van der Waals surface area contributed by atoms with Crippen LogP contribution in [-0.4, -0.2) is 6.54 Å². The molecule has 0 radical (unpaired) electrons. The third-order valence-corrected chi connectivity index (χ3v) is 2.64. The Hall–Kier alpha value is -2.01. The van der Waals surface area contributed by atoms with Gasteiger partial charge in [-0.2, -0.15) is 4.39 Å². The van der Waals surface area contributed by atoms with E-state index in [1.54, 1.807) is 0 Å². The monoisotopic (exact) mass is 267 g/mol. The van der Waals surface area contributed by atoms with Gasteiger partial charge in [0.2, 0.25) is 5.82 Å². The van der Waals surface area contributed by atoms with Crippen LogP contribution in [0.5, 0.6) is 5.75 Å². The number of hydrogen-bond acceptors (Lipinski definition) is 2. The first-order valence-electron chi connectivity index (χ1n) is 5.68. The van der Waals surface area contributed by atoms with Gasteiger partial charge in [-0.1, -0.05) is 18.2 Å². The molecular weight excluding hydrogens is 255 g/mol. The van der Waals surface area contributed by atoms with Gasteiger partial charge in [0, 0.05) is 6.54 Å². The van der Waals surface area contributed by atoms with Gasteiger partial charge in [-0.15, -0.1) is 0 Å². The lowest BCUT2D eigenvalue weighted by Crippen LogP contribution is -2.19. The quantitative estimate of drug-likeness (QED) is 0.923.